The van der Waals surface area contributed by atoms with Gasteiger partial charge in [0.2, 0.25) is 0 Å². The fourth-order valence-corrected chi connectivity index (χ4v) is 2.42. The summed E-state index contributed by atoms with van der Waals surface area (Å²) in [4.78, 5) is 12.9. The van der Waals surface area contributed by atoms with Crippen LogP contribution in [0.15, 0.2) is 10.6 Å². The Kier molecular flexibility index (Phi) is 3.78. The van der Waals surface area contributed by atoms with Gasteiger partial charge in [-0.1, -0.05) is 5.16 Å². The summed E-state index contributed by atoms with van der Waals surface area (Å²) in [7, 11) is 0. The van der Waals surface area contributed by atoms with Crippen molar-refractivity contribution in [1.29, 1.82) is 0 Å². The minimum Gasteiger partial charge on any atom is -0.481 e. The Hall–Kier alpha value is -1.36. The van der Waals surface area contributed by atoms with Crippen LogP contribution < -0.4 is 0 Å². The molecule has 1 fully saturated rings. The number of rotatable bonds is 4. The van der Waals surface area contributed by atoms with Gasteiger partial charge in [0.15, 0.2) is 5.76 Å². The Balaban J connectivity index is 1.87. The van der Waals surface area contributed by atoms with Crippen molar-refractivity contribution in [2.75, 3.05) is 13.1 Å². The molecule has 2 heterocycles. The minimum atomic E-state index is -0.702. The zero-order valence-electron chi connectivity index (χ0n) is 10.1. The topological polar surface area (TPSA) is 66.6 Å². The van der Waals surface area contributed by atoms with Gasteiger partial charge in [-0.3, -0.25) is 9.69 Å². The number of carboxylic acids is 1. The number of aryl methyl sites for hydroxylation is 1. The van der Waals surface area contributed by atoms with E-state index in [1.54, 1.807) is 0 Å². The molecule has 5 nitrogen and oxygen atoms in total. The molecule has 17 heavy (non-hydrogen) atoms. The van der Waals surface area contributed by atoms with Gasteiger partial charge in [0, 0.05) is 19.0 Å². The third-order valence-corrected chi connectivity index (χ3v) is 3.12. The smallest absolute Gasteiger partial charge is 0.303 e. The van der Waals surface area contributed by atoms with Gasteiger partial charge in [-0.25, -0.2) is 0 Å². The van der Waals surface area contributed by atoms with Crippen LogP contribution in [-0.4, -0.2) is 34.2 Å². The number of hydrogen-bond acceptors (Lipinski definition) is 4. The van der Waals surface area contributed by atoms with Crippen molar-refractivity contribution in [3.8, 4) is 0 Å². The highest BCUT2D eigenvalue weighted by molar-refractivity contribution is 5.67. The van der Waals surface area contributed by atoms with Gasteiger partial charge in [0.1, 0.15) is 0 Å². The number of aliphatic carboxylic acids is 1. The van der Waals surface area contributed by atoms with Gasteiger partial charge in [-0.15, -0.1) is 0 Å². The van der Waals surface area contributed by atoms with Gasteiger partial charge >= 0.3 is 5.97 Å². The summed E-state index contributed by atoms with van der Waals surface area (Å²) in [5, 5.41) is 12.7. The highest BCUT2D eigenvalue weighted by atomic mass is 16.5. The molecule has 94 valence electrons. The summed E-state index contributed by atoms with van der Waals surface area (Å²) in [6.45, 7) is 4.48. The molecule has 1 aliphatic heterocycles. The van der Waals surface area contributed by atoms with Crippen LogP contribution in [0.3, 0.4) is 0 Å². The summed E-state index contributed by atoms with van der Waals surface area (Å²) in [6, 6.07) is 1.93. The standard InChI is InChI=1S/C12H18N2O3/c1-9-5-11(17-13-9)8-14-4-2-3-10(7-14)6-12(15)16/h5,10H,2-4,6-8H2,1H3,(H,15,16). The van der Waals surface area contributed by atoms with Crippen LogP contribution in [0.5, 0.6) is 0 Å². The highest BCUT2D eigenvalue weighted by Crippen LogP contribution is 2.21. The van der Waals surface area contributed by atoms with Gasteiger partial charge in [0.05, 0.1) is 12.2 Å². The number of piperidine rings is 1. The van der Waals surface area contributed by atoms with E-state index in [-0.39, 0.29) is 12.3 Å². The number of likely N-dealkylation sites (tertiary alicyclic amines) is 1. The van der Waals surface area contributed by atoms with Crippen molar-refractivity contribution >= 4 is 5.97 Å². The number of carbonyl (C=O) groups is 1. The number of nitrogens with zero attached hydrogens (tertiary/aromatic N) is 2. The van der Waals surface area contributed by atoms with Crippen LogP contribution in [0.2, 0.25) is 0 Å². The first kappa shape index (κ1) is 12.1. The average molecular weight is 238 g/mol. The van der Waals surface area contributed by atoms with E-state index in [0.717, 1.165) is 43.9 Å². The molecule has 1 aliphatic rings. The molecule has 0 bridgehead atoms. The maximum Gasteiger partial charge on any atom is 0.303 e. The summed E-state index contributed by atoms with van der Waals surface area (Å²) < 4.78 is 5.18. The molecule has 1 aromatic heterocycles. The predicted octanol–water partition coefficient (Wildman–Crippen LogP) is 1.67. The predicted molar refractivity (Wildman–Crippen MR) is 61.5 cm³/mol. The van der Waals surface area contributed by atoms with Crippen LogP contribution in [0, 0.1) is 12.8 Å². The number of hydrogen-bond donors (Lipinski definition) is 1. The number of carboxylic acid groups (broad SMARTS) is 1. The summed E-state index contributed by atoms with van der Waals surface area (Å²) in [6.07, 6.45) is 2.34. The van der Waals surface area contributed by atoms with Gasteiger partial charge in [-0.2, -0.15) is 0 Å². The van der Waals surface area contributed by atoms with E-state index in [9.17, 15) is 4.79 Å². The Labute approximate surface area is 100 Å². The molecule has 1 atom stereocenters. The maximum absolute atomic E-state index is 10.7. The van der Waals surface area contributed by atoms with E-state index in [1.807, 2.05) is 13.0 Å². The quantitative estimate of drug-likeness (QED) is 0.864. The second-order valence-electron chi connectivity index (χ2n) is 4.78. The van der Waals surface area contributed by atoms with E-state index >= 15 is 0 Å². The Morgan fingerprint density at radius 3 is 3.18 bits per heavy atom. The van der Waals surface area contributed by atoms with Crippen molar-refractivity contribution in [3.05, 3.63) is 17.5 Å². The fraction of sp³-hybridized carbons (Fsp3) is 0.667. The molecule has 1 saturated heterocycles. The van der Waals surface area contributed by atoms with E-state index in [0.29, 0.717) is 0 Å². The summed E-state index contributed by atoms with van der Waals surface area (Å²) in [5.74, 6) is 0.427. The second-order valence-corrected chi connectivity index (χ2v) is 4.78. The van der Waals surface area contributed by atoms with Gasteiger partial charge in [-0.05, 0) is 32.2 Å². The molecule has 5 heteroatoms. The summed E-state index contributed by atoms with van der Waals surface area (Å²) in [5.41, 5.74) is 0.888. The summed E-state index contributed by atoms with van der Waals surface area (Å²) >= 11 is 0. The van der Waals surface area contributed by atoms with Crippen LogP contribution in [0.4, 0.5) is 0 Å². The average Bonchev–Trinajstić information content (AvgIpc) is 2.63. The van der Waals surface area contributed by atoms with Crippen molar-refractivity contribution < 1.29 is 14.4 Å². The van der Waals surface area contributed by atoms with Gasteiger partial charge in [0.25, 0.3) is 0 Å². The third kappa shape index (κ3) is 3.56. The molecule has 0 radical (unpaired) electrons. The first-order valence-corrected chi connectivity index (χ1v) is 6.00. The Morgan fingerprint density at radius 1 is 1.71 bits per heavy atom. The zero-order chi connectivity index (χ0) is 12.3. The highest BCUT2D eigenvalue weighted by Gasteiger charge is 2.22. The normalized spacial score (nSPS) is 21.6. The van der Waals surface area contributed by atoms with Crippen molar-refractivity contribution in [2.45, 2.75) is 32.7 Å². The molecular formula is C12H18N2O3. The second kappa shape index (κ2) is 5.31. The SMILES string of the molecule is Cc1cc(CN2CCCC(CC(=O)O)C2)on1. The maximum atomic E-state index is 10.7. The van der Waals surface area contributed by atoms with E-state index in [1.165, 1.54) is 0 Å². The lowest BCUT2D eigenvalue weighted by molar-refractivity contribution is -0.138. The van der Waals surface area contributed by atoms with E-state index < -0.39 is 5.97 Å². The monoisotopic (exact) mass is 238 g/mol. The molecule has 1 unspecified atom stereocenters. The Bertz CT molecular complexity index is 389. The lowest BCUT2D eigenvalue weighted by Gasteiger charge is -2.31. The molecule has 1 N–H and O–H groups in total. The lowest BCUT2D eigenvalue weighted by atomic mass is 9.95. The largest absolute Gasteiger partial charge is 0.481 e. The molecule has 0 aromatic carbocycles. The van der Waals surface area contributed by atoms with Crippen molar-refractivity contribution in [2.24, 2.45) is 5.92 Å². The van der Waals surface area contributed by atoms with Gasteiger partial charge < -0.3 is 9.63 Å². The molecular weight excluding hydrogens is 220 g/mol. The molecule has 2 rings (SSSR count). The van der Waals surface area contributed by atoms with Crippen LogP contribution in [0.1, 0.15) is 30.7 Å². The van der Waals surface area contributed by atoms with E-state index in [2.05, 4.69) is 10.1 Å². The first-order valence-electron chi connectivity index (χ1n) is 6.00. The molecule has 0 amide bonds. The molecule has 0 spiro atoms. The lowest BCUT2D eigenvalue weighted by Crippen LogP contribution is -2.35. The first-order chi connectivity index (χ1) is 8.13. The van der Waals surface area contributed by atoms with E-state index in [4.69, 9.17) is 9.63 Å². The fourth-order valence-electron chi connectivity index (χ4n) is 2.42. The molecule has 0 aliphatic carbocycles. The Morgan fingerprint density at radius 2 is 2.53 bits per heavy atom. The zero-order valence-corrected chi connectivity index (χ0v) is 10.1. The number of aromatic nitrogens is 1. The van der Waals surface area contributed by atoms with Crippen molar-refractivity contribution in [3.63, 3.8) is 0 Å². The van der Waals surface area contributed by atoms with Crippen LogP contribution >= 0.6 is 0 Å². The van der Waals surface area contributed by atoms with Crippen LogP contribution in [-0.2, 0) is 11.3 Å². The minimum absolute atomic E-state index is 0.269. The molecule has 0 saturated carbocycles. The molecule has 1 aromatic rings. The third-order valence-electron chi connectivity index (χ3n) is 3.12. The van der Waals surface area contributed by atoms with Crippen LogP contribution in [0.25, 0.3) is 0 Å². The van der Waals surface area contributed by atoms with Crippen molar-refractivity contribution in [1.82, 2.24) is 10.1 Å².